The molecule has 3 aliphatic rings. The number of ether oxygens (including phenoxy) is 4. The Kier molecular flexibility index (Phi) is 4.28. The molecule has 4 aromatic rings. The number of aliphatic hydroxyl groups excluding tert-OH is 1. The van der Waals surface area contributed by atoms with Crippen molar-refractivity contribution < 1.29 is 33.6 Å². The zero-order valence-electron chi connectivity index (χ0n) is 18.7. The molecule has 1 atom stereocenters. The Bertz CT molecular complexity index is 1620. The maximum atomic E-state index is 13.5. The Hall–Kier alpha value is -4.92. The second-order valence-corrected chi connectivity index (χ2v) is 8.56. The Balaban J connectivity index is 1.45. The lowest BCUT2D eigenvalue weighted by Gasteiger charge is -2.25. The van der Waals surface area contributed by atoms with E-state index in [0.29, 0.717) is 39.8 Å². The number of aromatic amines is 1. The van der Waals surface area contributed by atoms with E-state index in [0.717, 1.165) is 10.9 Å². The Morgan fingerprint density at radius 1 is 0.861 bits per heavy atom. The third kappa shape index (κ3) is 2.89. The molecule has 1 fully saturated rings. The second-order valence-electron chi connectivity index (χ2n) is 8.56. The number of rotatable bonds is 3. The van der Waals surface area contributed by atoms with Crippen molar-refractivity contribution in [2.24, 2.45) is 0 Å². The zero-order valence-corrected chi connectivity index (χ0v) is 18.7. The third-order valence-electron chi connectivity index (χ3n) is 6.64. The van der Waals surface area contributed by atoms with Gasteiger partial charge in [0.1, 0.15) is 5.76 Å². The normalized spacial score (nSPS) is 19.4. The minimum atomic E-state index is -0.896. The summed E-state index contributed by atoms with van der Waals surface area (Å²) in [6.45, 7) is 0.150. The number of hydrogen-bond donors (Lipinski definition) is 2. The molecule has 0 saturated carbocycles. The summed E-state index contributed by atoms with van der Waals surface area (Å²) >= 11 is 0. The van der Waals surface area contributed by atoms with E-state index in [1.165, 1.54) is 4.90 Å². The first-order chi connectivity index (χ1) is 17.6. The van der Waals surface area contributed by atoms with Crippen molar-refractivity contribution in [2.75, 3.05) is 18.5 Å². The molecule has 1 amide bonds. The fraction of sp³-hybridized carbons (Fsp3) is 0.111. The van der Waals surface area contributed by atoms with Gasteiger partial charge in [0.15, 0.2) is 23.0 Å². The molecule has 2 N–H and O–H groups in total. The Morgan fingerprint density at radius 2 is 1.56 bits per heavy atom. The summed E-state index contributed by atoms with van der Waals surface area (Å²) in [4.78, 5) is 31.6. The molecule has 9 nitrogen and oxygen atoms in total. The number of aromatic nitrogens is 1. The maximum Gasteiger partial charge on any atom is 0.300 e. The molecule has 0 bridgehead atoms. The molecule has 0 spiro atoms. The summed E-state index contributed by atoms with van der Waals surface area (Å²) in [6.07, 6.45) is 1.76. The van der Waals surface area contributed by atoms with Crippen LogP contribution in [0.4, 0.5) is 5.69 Å². The van der Waals surface area contributed by atoms with Gasteiger partial charge in [-0.2, -0.15) is 0 Å². The maximum absolute atomic E-state index is 13.5. The molecule has 1 saturated heterocycles. The molecule has 3 aliphatic heterocycles. The number of nitrogens with one attached hydrogen (secondary N) is 1. The van der Waals surface area contributed by atoms with E-state index in [2.05, 4.69) is 4.98 Å². The van der Waals surface area contributed by atoms with Crippen LogP contribution in [-0.4, -0.2) is 35.4 Å². The minimum Gasteiger partial charge on any atom is -0.507 e. The number of benzene rings is 3. The molecule has 0 radical (unpaired) electrons. The van der Waals surface area contributed by atoms with Gasteiger partial charge in [-0.15, -0.1) is 0 Å². The van der Waals surface area contributed by atoms with E-state index in [4.69, 9.17) is 18.9 Å². The molecule has 1 aromatic heterocycles. The summed E-state index contributed by atoms with van der Waals surface area (Å²) in [7, 11) is 0. The van der Waals surface area contributed by atoms with E-state index < -0.39 is 17.7 Å². The molecular formula is C27H18N2O7. The molecule has 178 valence electrons. The third-order valence-corrected chi connectivity index (χ3v) is 6.64. The monoisotopic (exact) mass is 482 g/mol. The smallest absolute Gasteiger partial charge is 0.300 e. The lowest BCUT2D eigenvalue weighted by molar-refractivity contribution is -0.132. The number of fused-ring (bicyclic) bond motifs is 3. The van der Waals surface area contributed by atoms with Gasteiger partial charge in [-0.25, -0.2) is 0 Å². The molecule has 4 heterocycles. The van der Waals surface area contributed by atoms with E-state index in [1.54, 1.807) is 42.6 Å². The number of ketones is 1. The van der Waals surface area contributed by atoms with Crippen LogP contribution in [-0.2, 0) is 9.59 Å². The molecular weight excluding hydrogens is 464 g/mol. The first-order valence-electron chi connectivity index (χ1n) is 11.3. The first-order valence-corrected chi connectivity index (χ1v) is 11.3. The van der Waals surface area contributed by atoms with Crippen molar-refractivity contribution in [1.29, 1.82) is 0 Å². The molecule has 3 aromatic carbocycles. The highest BCUT2D eigenvalue weighted by Crippen LogP contribution is 2.47. The van der Waals surface area contributed by atoms with Crippen LogP contribution in [0.5, 0.6) is 23.0 Å². The van der Waals surface area contributed by atoms with E-state index >= 15 is 0 Å². The highest BCUT2D eigenvalue weighted by Gasteiger charge is 2.48. The van der Waals surface area contributed by atoms with Crippen molar-refractivity contribution in [3.8, 4) is 23.0 Å². The number of aliphatic hydroxyl groups is 1. The highest BCUT2D eigenvalue weighted by atomic mass is 16.7. The van der Waals surface area contributed by atoms with E-state index in [1.807, 2.05) is 24.3 Å². The fourth-order valence-corrected chi connectivity index (χ4v) is 4.95. The van der Waals surface area contributed by atoms with Crippen LogP contribution in [0.15, 0.2) is 72.4 Å². The molecule has 9 heteroatoms. The standard InChI is InChI=1S/C27H18N2O7/c30-25(14-5-7-19-21(9-14)35-12-33-19)23-24(17-11-28-18-4-2-1-3-16(17)18)29(27(32)26(23)31)15-6-8-20-22(10-15)36-13-34-20/h1-11,24,28,30H,12-13H2/b25-23+. The predicted molar refractivity (Wildman–Crippen MR) is 128 cm³/mol. The SMILES string of the molecule is O=C1C(=O)N(c2ccc3c(c2)OCO3)C(c2c[nH]c3ccccc23)/C1=C(\O)c1ccc2c(c1)OCO2. The number of anilines is 1. The van der Waals surface area contributed by atoms with Crippen LogP contribution < -0.4 is 23.8 Å². The van der Waals surface area contributed by atoms with Gasteiger partial charge < -0.3 is 29.0 Å². The number of nitrogens with zero attached hydrogens (tertiary/aromatic N) is 1. The average molecular weight is 482 g/mol. The lowest BCUT2D eigenvalue weighted by atomic mass is 9.94. The number of H-pyrrole nitrogens is 1. The highest BCUT2D eigenvalue weighted by molar-refractivity contribution is 6.52. The van der Waals surface area contributed by atoms with Gasteiger partial charge in [0.25, 0.3) is 11.7 Å². The number of amides is 1. The summed E-state index contributed by atoms with van der Waals surface area (Å²) in [6, 6.07) is 16.6. The number of carbonyl (C=O) groups excluding carboxylic acids is 2. The molecule has 36 heavy (non-hydrogen) atoms. The summed E-state index contributed by atoms with van der Waals surface area (Å²) in [5.74, 6) is 0.171. The lowest BCUT2D eigenvalue weighted by Crippen LogP contribution is -2.29. The van der Waals surface area contributed by atoms with Crippen molar-refractivity contribution in [2.45, 2.75) is 6.04 Å². The number of carbonyl (C=O) groups is 2. The number of para-hydroxylation sites is 1. The molecule has 1 unspecified atom stereocenters. The van der Waals surface area contributed by atoms with Gasteiger partial charge in [0.05, 0.1) is 11.6 Å². The van der Waals surface area contributed by atoms with Gasteiger partial charge >= 0.3 is 0 Å². The van der Waals surface area contributed by atoms with Crippen LogP contribution in [0.3, 0.4) is 0 Å². The van der Waals surface area contributed by atoms with Crippen LogP contribution in [0.1, 0.15) is 17.2 Å². The largest absolute Gasteiger partial charge is 0.507 e. The van der Waals surface area contributed by atoms with Gasteiger partial charge in [0.2, 0.25) is 13.6 Å². The predicted octanol–water partition coefficient (Wildman–Crippen LogP) is 4.25. The van der Waals surface area contributed by atoms with Crippen LogP contribution in [0.25, 0.3) is 16.7 Å². The van der Waals surface area contributed by atoms with E-state index in [-0.39, 0.29) is 24.9 Å². The quantitative estimate of drug-likeness (QED) is 0.255. The fourth-order valence-electron chi connectivity index (χ4n) is 4.95. The van der Waals surface area contributed by atoms with Gasteiger partial charge in [-0.05, 0) is 36.4 Å². The Labute approximate surface area is 204 Å². The average Bonchev–Trinajstić information content (AvgIpc) is 3.69. The summed E-state index contributed by atoms with van der Waals surface area (Å²) in [5.41, 5.74) is 2.27. The van der Waals surface area contributed by atoms with Crippen LogP contribution >= 0.6 is 0 Å². The van der Waals surface area contributed by atoms with Gasteiger partial charge in [-0.1, -0.05) is 18.2 Å². The van der Waals surface area contributed by atoms with Crippen molar-refractivity contribution in [3.05, 3.63) is 83.6 Å². The Morgan fingerprint density at radius 3 is 2.36 bits per heavy atom. The summed E-state index contributed by atoms with van der Waals surface area (Å²) < 4.78 is 21.7. The topological polar surface area (TPSA) is 110 Å². The van der Waals surface area contributed by atoms with Crippen molar-refractivity contribution in [1.82, 2.24) is 4.98 Å². The summed E-state index contributed by atoms with van der Waals surface area (Å²) in [5, 5.41) is 12.3. The van der Waals surface area contributed by atoms with Crippen LogP contribution in [0.2, 0.25) is 0 Å². The number of Topliss-reactive ketones (excluding diaryl/α,β-unsaturated/α-hetero) is 1. The second kappa shape index (κ2) is 7.54. The van der Waals surface area contributed by atoms with E-state index in [9.17, 15) is 14.7 Å². The van der Waals surface area contributed by atoms with Crippen LogP contribution in [0, 0.1) is 0 Å². The van der Waals surface area contributed by atoms with Gasteiger partial charge in [-0.3, -0.25) is 14.5 Å². The first kappa shape index (κ1) is 20.5. The van der Waals surface area contributed by atoms with Gasteiger partial charge in [0, 0.05) is 40.0 Å². The molecule has 7 rings (SSSR count). The zero-order chi connectivity index (χ0) is 24.4. The number of hydrogen-bond acceptors (Lipinski definition) is 7. The molecule has 0 aliphatic carbocycles. The van der Waals surface area contributed by atoms with Crippen molar-refractivity contribution >= 4 is 34.0 Å². The minimum absolute atomic E-state index is 0.0266. The van der Waals surface area contributed by atoms with Crippen molar-refractivity contribution in [3.63, 3.8) is 0 Å².